The van der Waals surface area contributed by atoms with E-state index < -0.39 is 0 Å². The molecule has 0 N–H and O–H groups in total. The maximum atomic E-state index is 11.5. The fraction of sp³-hybridized carbons (Fsp3) is 0.643. The highest BCUT2D eigenvalue weighted by Gasteiger charge is 2.15. The van der Waals surface area contributed by atoms with Crippen molar-refractivity contribution in [1.82, 2.24) is 0 Å². The van der Waals surface area contributed by atoms with Gasteiger partial charge < -0.3 is 9.47 Å². The van der Waals surface area contributed by atoms with Gasteiger partial charge in [-0.2, -0.15) is 0 Å². The second-order valence-corrected chi connectivity index (χ2v) is 5.64. The first kappa shape index (κ1) is 13.6. The molecule has 0 saturated carbocycles. The zero-order valence-corrected chi connectivity index (χ0v) is 11.4. The summed E-state index contributed by atoms with van der Waals surface area (Å²) in [6, 6.07) is 4.14. The third-order valence-electron chi connectivity index (χ3n) is 3.09. The highest BCUT2D eigenvalue weighted by atomic mass is 32.1. The van der Waals surface area contributed by atoms with E-state index in [4.69, 9.17) is 9.47 Å². The number of esters is 1. The maximum absolute atomic E-state index is 11.5. The van der Waals surface area contributed by atoms with Gasteiger partial charge in [0.05, 0.1) is 6.10 Å². The molecule has 0 spiro atoms. The van der Waals surface area contributed by atoms with Crippen LogP contribution in [0.2, 0.25) is 0 Å². The summed E-state index contributed by atoms with van der Waals surface area (Å²) in [6.07, 6.45) is 5.79. The van der Waals surface area contributed by atoms with Crippen LogP contribution in [0, 0.1) is 0 Å². The first-order chi connectivity index (χ1) is 8.84. The van der Waals surface area contributed by atoms with Crippen molar-refractivity contribution in [1.29, 1.82) is 0 Å². The summed E-state index contributed by atoms with van der Waals surface area (Å²) in [5.41, 5.74) is 0. The molecule has 100 valence electrons. The number of ether oxygens (including phenoxy) is 2. The molecule has 2 rings (SSSR count). The Morgan fingerprint density at radius 2 is 2.44 bits per heavy atom. The second kappa shape index (κ2) is 7.54. The highest BCUT2D eigenvalue weighted by Crippen LogP contribution is 2.14. The van der Waals surface area contributed by atoms with E-state index in [0.29, 0.717) is 13.0 Å². The first-order valence-electron chi connectivity index (χ1n) is 6.64. The van der Waals surface area contributed by atoms with Crippen LogP contribution in [-0.4, -0.2) is 25.3 Å². The van der Waals surface area contributed by atoms with E-state index in [1.54, 1.807) is 11.3 Å². The molecule has 1 unspecified atom stereocenters. The lowest BCUT2D eigenvalue weighted by Gasteiger charge is -2.22. The number of carbonyl (C=O) groups is 1. The number of carbonyl (C=O) groups excluding carboxylic acids is 1. The van der Waals surface area contributed by atoms with Crippen LogP contribution in [-0.2, 0) is 20.7 Å². The molecule has 1 aliphatic heterocycles. The van der Waals surface area contributed by atoms with Crippen molar-refractivity contribution in [3.05, 3.63) is 22.4 Å². The van der Waals surface area contributed by atoms with Gasteiger partial charge in [-0.25, -0.2) is 0 Å². The van der Waals surface area contributed by atoms with Crippen LogP contribution in [0.25, 0.3) is 0 Å². The van der Waals surface area contributed by atoms with E-state index in [-0.39, 0.29) is 12.1 Å². The van der Waals surface area contributed by atoms with Gasteiger partial charge in [0.25, 0.3) is 0 Å². The van der Waals surface area contributed by atoms with Crippen LogP contribution in [0.15, 0.2) is 17.5 Å². The van der Waals surface area contributed by atoms with Crippen LogP contribution < -0.4 is 0 Å². The van der Waals surface area contributed by atoms with Gasteiger partial charge in [0.1, 0.15) is 6.61 Å². The molecule has 2 heterocycles. The molecule has 3 nitrogen and oxygen atoms in total. The smallest absolute Gasteiger partial charge is 0.305 e. The molecule has 1 atom stereocenters. The summed E-state index contributed by atoms with van der Waals surface area (Å²) in [5.74, 6) is -0.0965. The average Bonchev–Trinajstić information content (AvgIpc) is 2.91. The van der Waals surface area contributed by atoms with Gasteiger partial charge in [-0.15, -0.1) is 11.3 Å². The fourth-order valence-electron chi connectivity index (χ4n) is 2.06. The summed E-state index contributed by atoms with van der Waals surface area (Å²) in [5, 5.41) is 2.06. The first-order valence-corrected chi connectivity index (χ1v) is 7.52. The topological polar surface area (TPSA) is 35.5 Å². The summed E-state index contributed by atoms with van der Waals surface area (Å²) in [7, 11) is 0. The maximum Gasteiger partial charge on any atom is 0.305 e. The van der Waals surface area contributed by atoms with Crippen LogP contribution in [0.5, 0.6) is 0 Å². The predicted octanol–water partition coefficient (Wildman–Crippen LogP) is 3.18. The standard InChI is InChI=1S/C14H20O3S/c15-14(8-3-6-13-7-4-10-18-13)17-11-12-5-1-2-9-16-12/h4,7,10,12H,1-3,5-6,8-9,11H2. The Balaban J connectivity index is 1.54. The lowest BCUT2D eigenvalue weighted by Crippen LogP contribution is -2.25. The molecule has 18 heavy (non-hydrogen) atoms. The number of hydrogen-bond donors (Lipinski definition) is 0. The molecule has 0 amide bonds. The minimum absolute atomic E-state index is 0.0965. The lowest BCUT2D eigenvalue weighted by atomic mass is 10.1. The van der Waals surface area contributed by atoms with Gasteiger partial charge in [0.2, 0.25) is 0 Å². The monoisotopic (exact) mass is 268 g/mol. The molecule has 4 heteroatoms. The number of thiophene rings is 1. The third kappa shape index (κ3) is 4.78. The molecule has 1 aromatic rings. The van der Waals surface area contributed by atoms with Gasteiger partial charge in [-0.05, 0) is 43.6 Å². The van der Waals surface area contributed by atoms with E-state index >= 15 is 0 Å². The SMILES string of the molecule is O=C(CCCc1cccs1)OCC1CCCCO1. The summed E-state index contributed by atoms with van der Waals surface area (Å²) in [4.78, 5) is 12.9. The molecule has 0 aliphatic carbocycles. The van der Waals surface area contributed by atoms with E-state index in [1.807, 2.05) is 6.07 Å². The summed E-state index contributed by atoms with van der Waals surface area (Å²) in [6.45, 7) is 1.23. The zero-order chi connectivity index (χ0) is 12.6. The number of hydrogen-bond acceptors (Lipinski definition) is 4. The summed E-state index contributed by atoms with van der Waals surface area (Å²) >= 11 is 1.74. The van der Waals surface area contributed by atoms with E-state index in [1.165, 1.54) is 11.3 Å². The van der Waals surface area contributed by atoms with E-state index in [0.717, 1.165) is 32.3 Å². The Morgan fingerprint density at radius 3 is 3.17 bits per heavy atom. The number of aryl methyl sites for hydroxylation is 1. The van der Waals surface area contributed by atoms with Crippen molar-refractivity contribution >= 4 is 17.3 Å². The van der Waals surface area contributed by atoms with Gasteiger partial charge in [-0.1, -0.05) is 6.07 Å². The molecular formula is C14H20O3S. The second-order valence-electron chi connectivity index (χ2n) is 4.60. The lowest BCUT2D eigenvalue weighted by molar-refractivity contribution is -0.149. The molecule has 1 aliphatic rings. The Bertz CT molecular complexity index is 342. The molecular weight excluding hydrogens is 248 g/mol. The quantitative estimate of drug-likeness (QED) is 0.743. The van der Waals surface area contributed by atoms with Crippen molar-refractivity contribution in [2.75, 3.05) is 13.2 Å². The molecule has 0 aromatic carbocycles. The van der Waals surface area contributed by atoms with Crippen LogP contribution in [0.3, 0.4) is 0 Å². The van der Waals surface area contributed by atoms with Crippen molar-refractivity contribution in [3.8, 4) is 0 Å². The Morgan fingerprint density at radius 1 is 1.50 bits per heavy atom. The zero-order valence-electron chi connectivity index (χ0n) is 10.6. The largest absolute Gasteiger partial charge is 0.463 e. The average molecular weight is 268 g/mol. The number of rotatable bonds is 6. The van der Waals surface area contributed by atoms with Gasteiger partial charge >= 0.3 is 5.97 Å². The van der Waals surface area contributed by atoms with Crippen LogP contribution in [0.1, 0.15) is 37.0 Å². The molecule has 0 bridgehead atoms. The minimum Gasteiger partial charge on any atom is -0.463 e. The van der Waals surface area contributed by atoms with Crippen LogP contribution in [0.4, 0.5) is 0 Å². The van der Waals surface area contributed by atoms with E-state index in [9.17, 15) is 4.79 Å². The van der Waals surface area contributed by atoms with Crippen molar-refractivity contribution in [3.63, 3.8) is 0 Å². The molecule has 0 radical (unpaired) electrons. The van der Waals surface area contributed by atoms with Crippen LogP contribution >= 0.6 is 11.3 Å². The normalized spacial score (nSPS) is 19.7. The fourth-order valence-corrected chi connectivity index (χ4v) is 2.81. The Hall–Kier alpha value is -0.870. The van der Waals surface area contributed by atoms with Crippen molar-refractivity contribution in [2.45, 2.75) is 44.6 Å². The van der Waals surface area contributed by atoms with Gasteiger partial charge in [0, 0.05) is 17.9 Å². The van der Waals surface area contributed by atoms with Crippen molar-refractivity contribution in [2.24, 2.45) is 0 Å². The van der Waals surface area contributed by atoms with Crippen molar-refractivity contribution < 1.29 is 14.3 Å². The van der Waals surface area contributed by atoms with Gasteiger partial charge in [0.15, 0.2) is 0 Å². The highest BCUT2D eigenvalue weighted by molar-refractivity contribution is 7.09. The van der Waals surface area contributed by atoms with E-state index in [2.05, 4.69) is 11.4 Å². The molecule has 1 saturated heterocycles. The molecule has 1 fully saturated rings. The summed E-state index contributed by atoms with van der Waals surface area (Å²) < 4.78 is 10.8. The third-order valence-corrected chi connectivity index (χ3v) is 4.02. The predicted molar refractivity (Wildman–Crippen MR) is 71.8 cm³/mol. The Labute approximate surface area is 112 Å². The Kier molecular flexibility index (Phi) is 5.68. The molecule has 1 aromatic heterocycles. The minimum atomic E-state index is -0.0965. The van der Waals surface area contributed by atoms with Gasteiger partial charge in [-0.3, -0.25) is 4.79 Å².